The van der Waals surface area contributed by atoms with Crippen molar-refractivity contribution in [2.24, 2.45) is 0 Å². The fourth-order valence-corrected chi connectivity index (χ4v) is 3.89. The van der Waals surface area contributed by atoms with E-state index in [0.29, 0.717) is 22.8 Å². The molecule has 0 fully saturated rings. The minimum atomic E-state index is -3.79. The van der Waals surface area contributed by atoms with Crippen molar-refractivity contribution >= 4 is 21.5 Å². The first kappa shape index (κ1) is 21.2. The van der Waals surface area contributed by atoms with Crippen LogP contribution >= 0.6 is 0 Å². The van der Waals surface area contributed by atoms with Crippen molar-refractivity contribution in [2.45, 2.75) is 18.7 Å². The van der Waals surface area contributed by atoms with Crippen LogP contribution < -0.4 is 9.46 Å². The predicted octanol–water partition coefficient (Wildman–Crippen LogP) is 3.77. The summed E-state index contributed by atoms with van der Waals surface area (Å²) in [5, 5.41) is 12.4. The van der Waals surface area contributed by atoms with Gasteiger partial charge in [-0.25, -0.2) is 13.1 Å². The molecule has 0 aliphatic heterocycles. The number of benzene rings is 2. The highest BCUT2D eigenvalue weighted by Gasteiger charge is 2.15. The summed E-state index contributed by atoms with van der Waals surface area (Å²) in [7, 11) is -3.79. The molecule has 4 aromatic rings. The van der Waals surface area contributed by atoms with Crippen LogP contribution in [0, 0.1) is 6.92 Å². The van der Waals surface area contributed by atoms with Gasteiger partial charge < -0.3 is 4.74 Å². The maximum Gasteiger partial charge on any atom is 0.261 e. The van der Waals surface area contributed by atoms with Gasteiger partial charge in [0.2, 0.25) is 5.88 Å². The molecule has 0 atom stereocenters. The number of anilines is 1. The van der Waals surface area contributed by atoms with Crippen molar-refractivity contribution in [3.63, 3.8) is 0 Å². The molecular weight excluding hydrogens is 430 g/mol. The molecule has 0 unspecified atom stereocenters. The van der Waals surface area contributed by atoms with E-state index in [1.54, 1.807) is 47.3 Å². The first-order chi connectivity index (χ1) is 15.3. The number of rotatable bonds is 7. The number of ether oxygens (including phenoxy) is 1. The molecule has 2 aromatic heterocycles. The second kappa shape index (κ2) is 8.60. The van der Waals surface area contributed by atoms with Gasteiger partial charge in [-0.2, -0.15) is 5.10 Å². The smallest absolute Gasteiger partial charge is 0.261 e. The molecule has 0 amide bonds. The number of hydrogen-bond acceptors (Lipinski definition) is 7. The second-order valence-electron chi connectivity index (χ2n) is 6.94. The summed E-state index contributed by atoms with van der Waals surface area (Å²) in [5.41, 5.74) is 1.68. The van der Waals surface area contributed by atoms with E-state index in [1.165, 1.54) is 31.2 Å². The number of aryl methyl sites for hydroxylation is 1. The third kappa shape index (κ3) is 4.81. The monoisotopic (exact) mass is 449 g/mol. The third-order valence-electron chi connectivity index (χ3n) is 4.48. The van der Waals surface area contributed by atoms with E-state index < -0.39 is 10.0 Å². The average molecular weight is 449 g/mol. The van der Waals surface area contributed by atoms with E-state index in [4.69, 9.17) is 4.74 Å². The van der Waals surface area contributed by atoms with Gasteiger partial charge in [0.05, 0.1) is 10.6 Å². The Morgan fingerprint density at radius 2 is 1.66 bits per heavy atom. The summed E-state index contributed by atoms with van der Waals surface area (Å²) in [4.78, 5) is 11.4. The third-order valence-corrected chi connectivity index (χ3v) is 5.88. The van der Waals surface area contributed by atoms with Crippen molar-refractivity contribution < 1.29 is 17.9 Å². The van der Waals surface area contributed by atoms with Gasteiger partial charge in [0, 0.05) is 23.5 Å². The van der Waals surface area contributed by atoms with Crippen LogP contribution in [0.4, 0.5) is 5.69 Å². The number of ketones is 1. The lowest BCUT2D eigenvalue weighted by atomic mass is 10.2. The molecule has 162 valence electrons. The van der Waals surface area contributed by atoms with Gasteiger partial charge in [0.25, 0.3) is 10.0 Å². The van der Waals surface area contributed by atoms with E-state index >= 15 is 0 Å². The number of carbonyl (C=O) groups excluding carboxylic acids is 1. The number of carbonyl (C=O) groups is 1. The number of aromatic nitrogens is 4. The van der Waals surface area contributed by atoms with Gasteiger partial charge in [-0.1, -0.05) is 12.1 Å². The van der Waals surface area contributed by atoms with Crippen molar-refractivity contribution in [1.82, 2.24) is 20.0 Å². The highest BCUT2D eigenvalue weighted by atomic mass is 32.2. The van der Waals surface area contributed by atoms with Crippen LogP contribution in [0.25, 0.3) is 5.82 Å². The number of nitrogens with zero attached hydrogens (tertiary/aromatic N) is 4. The van der Waals surface area contributed by atoms with Gasteiger partial charge >= 0.3 is 0 Å². The van der Waals surface area contributed by atoms with E-state index in [2.05, 4.69) is 20.0 Å². The Hall–Kier alpha value is -4.05. The molecule has 0 saturated carbocycles. The summed E-state index contributed by atoms with van der Waals surface area (Å²) in [5.74, 6) is 1.19. The van der Waals surface area contributed by atoms with Crippen LogP contribution in [0.5, 0.6) is 11.6 Å². The Morgan fingerprint density at radius 3 is 2.22 bits per heavy atom. The number of sulfonamides is 1. The zero-order chi connectivity index (χ0) is 22.7. The van der Waals surface area contributed by atoms with Gasteiger partial charge in [-0.3, -0.25) is 9.52 Å². The van der Waals surface area contributed by atoms with E-state index in [0.717, 1.165) is 5.69 Å². The SMILES string of the molecule is CC(=O)c1ccc(S(=O)(=O)Nc2ccc(Oc3ccc(-n4ccc(C)n4)nn3)cc2)cc1. The number of nitrogens with one attached hydrogen (secondary N) is 1. The highest BCUT2D eigenvalue weighted by Crippen LogP contribution is 2.23. The van der Waals surface area contributed by atoms with E-state index in [-0.39, 0.29) is 16.6 Å². The highest BCUT2D eigenvalue weighted by molar-refractivity contribution is 7.92. The average Bonchev–Trinajstić information content (AvgIpc) is 3.22. The van der Waals surface area contributed by atoms with Crippen LogP contribution in [0.15, 0.2) is 77.8 Å². The first-order valence-corrected chi connectivity index (χ1v) is 11.1. The molecule has 0 radical (unpaired) electrons. The lowest BCUT2D eigenvalue weighted by molar-refractivity contribution is 0.101. The van der Waals surface area contributed by atoms with Crippen molar-refractivity contribution in [3.05, 3.63) is 84.2 Å². The molecule has 32 heavy (non-hydrogen) atoms. The summed E-state index contributed by atoms with van der Waals surface area (Å²) in [6, 6.07) is 17.4. The molecule has 4 rings (SSSR count). The van der Waals surface area contributed by atoms with Crippen LogP contribution in [0.2, 0.25) is 0 Å². The normalized spacial score (nSPS) is 11.2. The Balaban J connectivity index is 1.42. The Morgan fingerprint density at radius 1 is 0.938 bits per heavy atom. The molecule has 0 saturated heterocycles. The van der Waals surface area contributed by atoms with Gasteiger partial charge in [0.15, 0.2) is 11.6 Å². The Labute approximate surface area is 184 Å². The molecule has 2 aromatic carbocycles. The van der Waals surface area contributed by atoms with E-state index in [9.17, 15) is 13.2 Å². The maximum atomic E-state index is 12.6. The van der Waals surface area contributed by atoms with Gasteiger partial charge in [0.1, 0.15) is 5.75 Å². The van der Waals surface area contributed by atoms with E-state index in [1.807, 2.05) is 13.0 Å². The standard InChI is InChI=1S/C22H19N5O4S/c1-15-13-14-27(25-15)21-11-12-22(24-23-21)31-19-7-5-18(6-8-19)26-32(29,30)20-9-3-17(4-10-20)16(2)28/h3-14,26H,1-2H3. The van der Waals surface area contributed by atoms with Gasteiger partial charge in [-0.05, 0) is 62.4 Å². The summed E-state index contributed by atoms with van der Waals surface area (Å²) in [6.07, 6.45) is 1.79. The topological polar surface area (TPSA) is 116 Å². The summed E-state index contributed by atoms with van der Waals surface area (Å²) < 4.78 is 34.9. The van der Waals surface area contributed by atoms with Crippen molar-refractivity contribution in [1.29, 1.82) is 0 Å². The fourth-order valence-electron chi connectivity index (χ4n) is 2.83. The van der Waals surface area contributed by atoms with Crippen molar-refractivity contribution in [3.8, 4) is 17.4 Å². The zero-order valence-corrected chi connectivity index (χ0v) is 18.1. The molecule has 0 spiro atoms. The van der Waals surface area contributed by atoms with Gasteiger partial charge in [-0.15, -0.1) is 10.2 Å². The molecule has 2 heterocycles. The fraction of sp³-hybridized carbons (Fsp3) is 0.0909. The van der Waals surface area contributed by atoms with Crippen molar-refractivity contribution in [2.75, 3.05) is 4.72 Å². The molecule has 0 aliphatic rings. The summed E-state index contributed by atoms with van der Waals surface area (Å²) in [6.45, 7) is 3.31. The van der Waals surface area contributed by atoms with Crippen LogP contribution in [0.1, 0.15) is 23.0 Å². The Kier molecular flexibility index (Phi) is 5.69. The molecule has 10 heteroatoms. The Bertz CT molecular complexity index is 1350. The quantitative estimate of drug-likeness (QED) is 0.427. The molecular formula is C22H19N5O4S. The minimum Gasteiger partial charge on any atom is -0.438 e. The minimum absolute atomic E-state index is 0.0607. The second-order valence-corrected chi connectivity index (χ2v) is 8.63. The van der Waals surface area contributed by atoms with Crippen LogP contribution in [0.3, 0.4) is 0 Å². The number of hydrogen-bond donors (Lipinski definition) is 1. The lowest BCUT2D eigenvalue weighted by Gasteiger charge is -2.10. The zero-order valence-electron chi connectivity index (χ0n) is 17.3. The number of Topliss-reactive ketones (excluding diaryl/α,β-unsaturated/α-hetero) is 1. The molecule has 9 nitrogen and oxygen atoms in total. The van der Waals surface area contributed by atoms with Crippen LogP contribution in [-0.2, 0) is 10.0 Å². The summed E-state index contributed by atoms with van der Waals surface area (Å²) >= 11 is 0. The largest absolute Gasteiger partial charge is 0.438 e. The maximum absolute atomic E-state index is 12.6. The molecule has 1 N–H and O–H groups in total. The first-order valence-electron chi connectivity index (χ1n) is 9.58. The van der Waals surface area contributed by atoms with Crippen LogP contribution in [-0.4, -0.2) is 34.2 Å². The molecule has 0 bridgehead atoms. The predicted molar refractivity (Wildman–Crippen MR) is 118 cm³/mol. The molecule has 0 aliphatic carbocycles. The lowest BCUT2D eigenvalue weighted by Crippen LogP contribution is -2.13.